The molecule has 92 valence electrons. The van der Waals surface area contributed by atoms with Crippen LogP contribution in [-0.2, 0) is 0 Å². The molecule has 0 atom stereocenters. The second-order valence-corrected chi connectivity index (χ2v) is 5.49. The summed E-state index contributed by atoms with van der Waals surface area (Å²) in [5.74, 6) is -0.0408. The third kappa shape index (κ3) is 3.34. The molecule has 2 aromatic rings. The fraction of sp³-hybridized carbons (Fsp3) is 0. The smallest absolute Gasteiger partial charge is 0.255 e. The molecule has 5 heteroatoms. The van der Waals surface area contributed by atoms with Crippen molar-refractivity contribution in [1.82, 2.24) is 0 Å². The zero-order valence-corrected chi connectivity index (χ0v) is 12.3. The molecule has 2 rings (SSSR count). The number of anilines is 1. The van der Waals surface area contributed by atoms with Crippen molar-refractivity contribution in [3.05, 3.63) is 57.0 Å². The number of halogens is 2. The highest BCUT2D eigenvalue weighted by Crippen LogP contribution is 2.21. The zero-order chi connectivity index (χ0) is 13.1. The number of hydrogen-bond donors (Lipinski definition) is 2. The third-order valence-corrected chi connectivity index (χ3v) is 3.17. The van der Waals surface area contributed by atoms with Crippen LogP contribution in [0.3, 0.4) is 0 Å². The first-order chi connectivity index (χ1) is 8.54. The lowest BCUT2D eigenvalue weighted by atomic mass is 10.2. The van der Waals surface area contributed by atoms with Gasteiger partial charge in [-0.2, -0.15) is 0 Å². The summed E-state index contributed by atoms with van der Waals surface area (Å²) < 4.78 is 1.65. The van der Waals surface area contributed by atoms with Crippen molar-refractivity contribution >= 4 is 43.5 Å². The SMILES string of the molecule is O=C(Nc1ccc(O)cc1)c1cc(Br)cc(Br)c1. The second kappa shape index (κ2) is 5.54. The molecule has 0 radical (unpaired) electrons. The van der Waals surface area contributed by atoms with E-state index >= 15 is 0 Å². The van der Waals surface area contributed by atoms with Gasteiger partial charge in [-0.15, -0.1) is 0 Å². The van der Waals surface area contributed by atoms with Crippen LogP contribution in [0.15, 0.2) is 51.4 Å². The van der Waals surface area contributed by atoms with Crippen molar-refractivity contribution in [1.29, 1.82) is 0 Å². The van der Waals surface area contributed by atoms with E-state index in [-0.39, 0.29) is 11.7 Å². The minimum Gasteiger partial charge on any atom is -0.508 e. The summed E-state index contributed by atoms with van der Waals surface area (Å²) in [5, 5.41) is 11.9. The number of nitrogens with one attached hydrogen (secondary N) is 1. The van der Waals surface area contributed by atoms with E-state index in [1.165, 1.54) is 12.1 Å². The molecular weight excluding hydrogens is 362 g/mol. The van der Waals surface area contributed by atoms with Gasteiger partial charge in [-0.3, -0.25) is 4.79 Å². The minimum atomic E-state index is -0.206. The van der Waals surface area contributed by atoms with Gasteiger partial charge in [-0.1, -0.05) is 31.9 Å². The van der Waals surface area contributed by atoms with E-state index in [2.05, 4.69) is 37.2 Å². The summed E-state index contributed by atoms with van der Waals surface area (Å²) in [5.41, 5.74) is 1.18. The molecule has 0 saturated heterocycles. The molecule has 0 aliphatic rings. The number of phenolic OH excluding ortho intramolecular Hbond substituents is 1. The van der Waals surface area contributed by atoms with Crippen molar-refractivity contribution in [2.24, 2.45) is 0 Å². The number of carbonyl (C=O) groups excluding carboxylic acids is 1. The summed E-state index contributed by atoms with van der Waals surface area (Å²) in [7, 11) is 0. The molecule has 2 N–H and O–H groups in total. The predicted molar refractivity (Wildman–Crippen MR) is 77.9 cm³/mol. The van der Waals surface area contributed by atoms with E-state index in [4.69, 9.17) is 5.11 Å². The van der Waals surface area contributed by atoms with Gasteiger partial charge in [-0.25, -0.2) is 0 Å². The van der Waals surface area contributed by atoms with Crippen LogP contribution < -0.4 is 5.32 Å². The molecule has 0 heterocycles. The molecule has 1 amide bonds. The number of rotatable bonds is 2. The molecule has 0 bridgehead atoms. The van der Waals surface area contributed by atoms with Crippen LogP contribution in [0.5, 0.6) is 5.75 Å². The molecular formula is C13H9Br2NO2. The Bertz CT molecular complexity index is 562. The van der Waals surface area contributed by atoms with Crippen LogP contribution in [-0.4, -0.2) is 11.0 Å². The first-order valence-corrected chi connectivity index (χ1v) is 6.70. The summed E-state index contributed by atoms with van der Waals surface area (Å²) >= 11 is 6.67. The van der Waals surface area contributed by atoms with E-state index in [9.17, 15) is 4.79 Å². The van der Waals surface area contributed by atoms with Gasteiger partial charge < -0.3 is 10.4 Å². The summed E-state index contributed by atoms with van der Waals surface area (Å²) in [6.45, 7) is 0. The first kappa shape index (κ1) is 13.1. The molecule has 0 aliphatic carbocycles. The third-order valence-electron chi connectivity index (χ3n) is 2.25. The van der Waals surface area contributed by atoms with Crippen LogP contribution in [0.4, 0.5) is 5.69 Å². The number of amides is 1. The fourth-order valence-corrected chi connectivity index (χ4v) is 2.73. The molecule has 0 aliphatic heterocycles. The molecule has 0 spiro atoms. The van der Waals surface area contributed by atoms with Crippen molar-refractivity contribution < 1.29 is 9.90 Å². The van der Waals surface area contributed by atoms with E-state index in [1.54, 1.807) is 24.3 Å². The number of aromatic hydroxyl groups is 1. The number of phenols is 1. The quantitative estimate of drug-likeness (QED) is 0.779. The standard InChI is InChI=1S/C13H9Br2NO2/c14-9-5-8(6-10(15)7-9)13(18)16-11-1-3-12(17)4-2-11/h1-7,17H,(H,16,18). The zero-order valence-electron chi connectivity index (χ0n) is 9.15. The van der Waals surface area contributed by atoms with Crippen LogP contribution in [0.25, 0.3) is 0 Å². The Balaban J connectivity index is 2.19. The van der Waals surface area contributed by atoms with Crippen LogP contribution >= 0.6 is 31.9 Å². The first-order valence-electron chi connectivity index (χ1n) is 5.11. The van der Waals surface area contributed by atoms with E-state index in [0.29, 0.717) is 11.3 Å². The van der Waals surface area contributed by atoms with Gasteiger partial charge in [0.25, 0.3) is 5.91 Å². The average molecular weight is 371 g/mol. The number of benzene rings is 2. The molecule has 0 fully saturated rings. The van der Waals surface area contributed by atoms with Crippen molar-refractivity contribution in [3.8, 4) is 5.75 Å². The second-order valence-electron chi connectivity index (χ2n) is 3.66. The maximum absolute atomic E-state index is 12.0. The molecule has 0 aromatic heterocycles. The summed E-state index contributed by atoms with van der Waals surface area (Å²) in [4.78, 5) is 12.0. The summed E-state index contributed by atoms with van der Waals surface area (Å²) in [6.07, 6.45) is 0. The lowest BCUT2D eigenvalue weighted by Gasteiger charge is -2.06. The molecule has 3 nitrogen and oxygen atoms in total. The van der Waals surface area contributed by atoms with Gasteiger partial charge in [0.2, 0.25) is 0 Å². The molecule has 18 heavy (non-hydrogen) atoms. The predicted octanol–water partition coefficient (Wildman–Crippen LogP) is 4.17. The Morgan fingerprint density at radius 3 is 2.11 bits per heavy atom. The van der Waals surface area contributed by atoms with E-state index in [1.807, 2.05) is 6.07 Å². The lowest BCUT2D eigenvalue weighted by molar-refractivity contribution is 0.102. The Kier molecular flexibility index (Phi) is 4.04. The highest BCUT2D eigenvalue weighted by Gasteiger charge is 2.07. The fourth-order valence-electron chi connectivity index (χ4n) is 1.43. The molecule has 0 saturated carbocycles. The van der Waals surface area contributed by atoms with Crippen LogP contribution in [0.2, 0.25) is 0 Å². The van der Waals surface area contributed by atoms with Gasteiger partial charge in [0.1, 0.15) is 5.75 Å². The highest BCUT2D eigenvalue weighted by atomic mass is 79.9. The average Bonchev–Trinajstić information content (AvgIpc) is 2.31. The van der Waals surface area contributed by atoms with Gasteiger partial charge >= 0.3 is 0 Å². The van der Waals surface area contributed by atoms with Crippen molar-refractivity contribution in [3.63, 3.8) is 0 Å². The van der Waals surface area contributed by atoms with Crippen molar-refractivity contribution in [2.45, 2.75) is 0 Å². The lowest BCUT2D eigenvalue weighted by Crippen LogP contribution is -2.11. The molecule has 0 unspecified atom stereocenters. The monoisotopic (exact) mass is 369 g/mol. The Morgan fingerprint density at radius 2 is 1.56 bits per heavy atom. The maximum atomic E-state index is 12.0. The van der Waals surface area contributed by atoms with E-state index in [0.717, 1.165) is 8.95 Å². The summed E-state index contributed by atoms with van der Waals surface area (Å²) in [6, 6.07) is 11.7. The Labute approximate surface area is 121 Å². The Hall–Kier alpha value is -1.33. The van der Waals surface area contributed by atoms with Crippen molar-refractivity contribution in [2.75, 3.05) is 5.32 Å². The van der Waals surface area contributed by atoms with Gasteiger partial charge in [0, 0.05) is 20.2 Å². The largest absolute Gasteiger partial charge is 0.508 e. The van der Waals surface area contributed by atoms with Gasteiger partial charge in [0.15, 0.2) is 0 Å². The number of hydrogen-bond acceptors (Lipinski definition) is 2. The van der Waals surface area contributed by atoms with Crippen LogP contribution in [0.1, 0.15) is 10.4 Å². The Morgan fingerprint density at radius 1 is 1.00 bits per heavy atom. The minimum absolute atomic E-state index is 0.165. The molecule has 2 aromatic carbocycles. The van der Waals surface area contributed by atoms with E-state index < -0.39 is 0 Å². The highest BCUT2D eigenvalue weighted by molar-refractivity contribution is 9.11. The maximum Gasteiger partial charge on any atom is 0.255 e. The number of carbonyl (C=O) groups is 1. The normalized spacial score (nSPS) is 10.1. The van der Waals surface area contributed by atoms with Gasteiger partial charge in [-0.05, 0) is 42.5 Å². The topological polar surface area (TPSA) is 49.3 Å². The van der Waals surface area contributed by atoms with Crippen LogP contribution in [0, 0.1) is 0 Å². The van der Waals surface area contributed by atoms with Gasteiger partial charge in [0.05, 0.1) is 0 Å².